The molecule has 2 nitrogen and oxygen atoms in total. The summed E-state index contributed by atoms with van der Waals surface area (Å²) in [5.41, 5.74) is 2.68. The van der Waals surface area contributed by atoms with E-state index in [0.29, 0.717) is 6.04 Å². The Morgan fingerprint density at radius 3 is 2.82 bits per heavy atom. The second kappa shape index (κ2) is 6.60. The van der Waals surface area contributed by atoms with E-state index in [0.717, 1.165) is 18.1 Å². The molecule has 17 heavy (non-hydrogen) atoms. The number of hydrogen-bond donors (Lipinski definition) is 1. The first-order chi connectivity index (χ1) is 7.69. The smallest absolute Gasteiger partial charge is 0.0408 e. The van der Waals surface area contributed by atoms with Crippen LogP contribution in [0, 0.1) is 6.92 Å². The van der Waals surface area contributed by atoms with Gasteiger partial charge in [-0.25, -0.2) is 0 Å². The van der Waals surface area contributed by atoms with Gasteiger partial charge in [0.1, 0.15) is 0 Å². The molecule has 1 aliphatic heterocycles. The van der Waals surface area contributed by atoms with Crippen LogP contribution in [0.3, 0.4) is 0 Å². The molecule has 0 amide bonds. The van der Waals surface area contributed by atoms with Gasteiger partial charge in [-0.2, -0.15) is 0 Å². The molecule has 0 aromatic heterocycles. The molecule has 2 rings (SSSR count). The van der Waals surface area contributed by atoms with Gasteiger partial charge in [0.05, 0.1) is 0 Å². The number of likely N-dealkylation sites (N-methyl/N-ethyl adjacent to an activating group) is 1. The van der Waals surface area contributed by atoms with E-state index in [2.05, 4.69) is 23.2 Å². The molecular formula is C13H20Cl2N2. The average molecular weight is 275 g/mol. The Morgan fingerprint density at radius 1 is 1.47 bits per heavy atom. The van der Waals surface area contributed by atoms with Crippen LogP contribution in [-0.4, -0.2) is 31.1 Å². The zero-order valence-corrected chi connectivity index (χ0v) is 11.9. The molecule has 1 aromatic rings. The maximum atomic E-state index is 5.96. The summed E-state index contributed by atoms with van der Waals surface area (Å²) >= 11 is 5.96. The van der Waals surface area contributed by atoms with Crippen molar-refractivity contribution in [1.82, 2.24) is 10.2 Å². The lowest BCUT2D eigenvalue weighted by Gasteiger charge is -2.17. The lowest BCUT2D eigenvalue weighted by atomic mass is 10.1. The average Bonchev–Trinajstić information content (AvgIpc) is 2.70. The van der Waals surface area contributed by atoms with Crippen LogP contribution in [0.2, 0.25) is 5.02 Å². The van der Waals surface area contributed by atoms with Gasteiger partial charge in [-0.15, -0.1) is 12.4 Å². The van der Waals surface area contributed by atoms with Crippen molar-refractivity contribution in [2.75, 3.05) is 20.1 Å². The van der Waals surface area contributed by atoms with Gasteiger partial charge < -0.3 is 5.32 Å². The molecule has 1 fully saturated rings. The van der Waals surface area contributed by atoms with Crippen LogP contribution in [0.5, 0.6) is 0 Å². The third kappa shape index (κ3) is 3.85. The van der Waals surface area contributed by atoms with E-state index in [-0.39, 0.29) is 12.4 Å². The maximum absolute atomic E-state index is 5.96. The van der Waals surface area contributed by atoms with Crippen LogP contribution in [0.1, 0.15) is 17.5 Å². The topological polar surface area (TPSA) is 15.3 Å². The fraction of sp³-hybridized carbons (Fsp3) is 0.538. The third-order valence-corrected chi connectivity index (χ3v) is 3.61. The molecule has 1 unspecified atom stereocenters. The Kier molecular flexibility index (Phi) is 5.74. The normalized spacial score (nSPS) is 20.3. The summed E-state index contributed by atoms with van der Waals surface area (Å²) in [5.74, 6) is 0. The number of nitrogens with one attached hydrogen (secondary N) is 1. The summed E-state index contributed by atoms with van der Waals surface area (Å²) in [5, 5.41) is 4.17. The van der Waals surface area contributed by atoms with Gasteiger partial charge in [0.2, 0.25) is 0 Å². The molecule has 4 heteroatoms. The van der Waals surface area contributed by atoms with Crippen molar-refractivity contribution >= 4 is 24.0 Å². The Hall–Kier alpha value is -0.280. The molecule has 1 heterocycles. The van der Waals surface area contributed by atoms with Gasteiger partial charge in [-0.3, -0.25) is 4.90 Å². The molecule has 1 aromatic carbocycles. The molecular weight excluding hydrogens is 255 g/mol. The van der Waals surface area contributed by atoms with Gasteiger partial charge in [0, 0.05) is 30.7 Å². The zero-order chi connectivity index (χ0) is 11.5. The number of nitrogens with zero attached hydrogens (tertiary/aromatic N) is 1. The van der Waals surface area contributed by atoms with Gasteiger partial charge in [-0.05, 0) is 43.7 Å². The Labute approximate surface area is 115 Å². The highest BCUT2D eigenvalue weighted by Crippen LogP contribution is 2.19. The van der Waals surface area contributed by atoms with Crippen molar-refractivity contribution < 1.29 is 0 Å². The highest BCUT2D eigenvalue weighted by atomic mass is 35.5. The lowest BCUT2D eigenvalue weighted by Crippen LogP contribution is -2.29. The maximum Gasteiger partial charge on any atom is 0.0408 e. The summed E-state index contributed by atoms with van der Waals surface area (Å²) in [6.45, 7) is 5.51. The number of aryl methyl sites for hydroxylation is 1. The summed E-state index contributed by atoms with van der Waals surface area (Å²) < 4.78 is 0. The molecule has 0 spiro atoms. The summed E-state index contributed by atoms with van der Waals surface area (Å²) in [6, 6.07) is 6.83. The van der Waals surface area contributed by atoms with Crippen molar-refractivity contribution in [3.8, 4) is 0 Å². The standard InChI is InChI=1S/C13H19ClN2.ClH/c1-10-7-12(14)4-3-11(10)8-16-6-5-13(9-16)15-2;/h3-4,7,13,15H,5-6,8-9H2,1-2H3;1H. The first-order valence-electron chi connectivity index (χ1n) is 5.83. The Morgan fingerprint density at radius 2 is 2.24 bits per heavy atom. The highest BCUT2D eigenvalue weighted by molar-refractivity contribution is 6.30. The van der Waals surface area contributed by atoms with Gasteiger partial charge in [-0.1, -0.05) is 17.7 Å². The molecule has 96 valence electrons. The summed E-state index contributed by atoms with van der Waals surface area (Å²) in [7, 11) is 2.04. The van der Waals surface area contributed by atoms with Crippen molar-refractivity contribution in [2.45, 2.75) is 25.9 Å². The number of likely N-dealkylation sites (tertiary alicyclic amines) is 1. The zero-order valence-electron chi connectivity index (χ0n) is 10.4. The molecule has 1 saturated heterocycles. The monoisotopic (exact) mass is 274 g/mol. The Bertz CT molecular complexity index is 368. The van der Waals surface area contributed by atoms with Crippen LogP contribution < -0.4 is 5.32 Å². The molecule has 0 bridgehead atoms. The van der Waals surface area contributed by atoms with Crippen LogP contribution in [0.4, 0.5) is 0 Å². The minimum Gasteiger partial charge on any atom is -0.316 e. The van der Waals surface area contributed by atoms with E-state index >= 15 is 0 Å². The van der Waals surface area contributed by atoms with E-state index in [1.54, 1.807) is 0 Å². The third-order valence-electron chi connectivity index (χ3n) is 3.38. The minimum absolute atomic E-state index is 0. The van der Waals surface area contributed by atoms with E-state index < -0.39 is 0 Å². The number of hydrogen-bond acceptors (Lipinski definition) is 2. The molecule has 0 radical (unpaired) electrons. The van der Waals surface area contributed by atoms with E-state index in [1.165, 1.54) is 24.1 Å². The van der Waals surface area contributed by atoms with Crippen molar-refractivity contribution in [3.05, 3.63) is 34.3 Å². The van der Waals surface area contributed by atoms with E-state index in [4.69, 9.17) is 11.6 Å². The first-order valence-corrected chi connectivity index (χ1v) is 6.21. The number of halogens is 2. The molecule has 1 atom stereocenters. The quantitative estimate of drug-likeness (QED) is 0.912. The van der Waals surface area contributed by atoms with Gasteiger partial charge in [0.25, 0.3) is 0 Å². The fourth-order valence-corrected chi connectivity index (χ4v) is 2.52. The lowest BCUT2D eigenvalue weighted by molar-refractivity contribution is 0.322. The second-order valence-corrected chi connectivity index (χ2v) is 5.02. The largest absolute Gasteiger partial charge is 0.316 e. The number of rotatable bonds is 3. The van der Waals surface area contributed by atoms with E-state index in [9.17, 15) is 0 Å². The Balaban J connectivity index is 0.00000144. The van der Waals surface area contributed by atoms with Crippen molar-refractivity contribution in [3.63, 3.8) is 0 Å². The van der Waals surface area contributed by atoms with Crippen LogP contribution in [-0.2, 0) is 6.54 Å². The van der Waals surface area contributed by atoms with Crippen LogP contribution in [0.25, 0.3) is 0 Å². The van der Waals surface area contributed by atoms with Crippen LogP contribution in [0.15, 0.2) is 18.2 Å². The van der Waals surface area contributed by atoms with Crippen molar-refractivity contribution in [2.24, 2.45) is 0 Å². The van der Waals surface area contributed by atoms with Gasteiger partial charge in [0.15, 0.2) is 0 Å². The molecule has 1 aliphatic rings. The highest BCUT2D eigenvalue weighted by Gasteiger charge is 2.20. The predicted octanol–water partition coefficient (Wildman–Crippen LogP) is 2.86. The summed E-state index contributed by atoms with van der Waals surface area (Å²) in [6.07, 6.45) is 1.25. The fourth-order valence-electron chi connectivity index (χ4n) is 2.29. The second-order valence-electron chi connectivity index (χ2n) is 4.58. The summed E-state index contributed by atoms with van der Waals surface area (Å²) in [4.78, 5) is 2.50. The first kappa shape index (κ1) is 14.8. The number of benzene rings is 1. The molecule has 1 N–H and O–H groups in total. The molecule has 0 saturated carbocycles. The van der Waals surface area contributed by atoms with Crippen LogP contribution >= 0.6 is 24.0 Å². The van der Waals surface area contributed by atoms with Gasteiger partial charge >= 0.3 is 0 Å². The minimum atomic E-state index is 0. The molecule has 0 aliphatic carbocycles. The van der Waals surface area contributed by atoms with Crippen molar-refractivity contribution in [1.29, 1.82) is 0 Å². The predicted molar refractivity (Wildman–Crippen MR) is 76.2 cm³/mol. The van der Waals surface area contributed by atoms with E-state index in [1.807, 2.05) is 19.2 Å². The SMILES string of the molecule is CNC1CCN(Cc2ccc(Cl)cc2C)C1.Cl.